The van der Waals surface area contributed by atoms with Crippen LogP contribution in [0.25, 0.3) is 0 Å². The minimum absolute atomic E-state index is 0. The minimum Gasteiger partial charge on any atom is -0.379 e. The van der Waals surface area contributed by atoms with E-state index in [-0.39, 0.29) is 28.3 Å². The average molecular weight is 183 g/mol. The van der Waals surface area contributed by atoms with Crippen molar-refractivity contribution in [1.29, 1.82) is 0 Å². The molecule has 11 heavy (non-hydrogen) atoms. The quantitative estimate of drug-likeness (QED) is 0.429. The SMILES string of the molecule is C=CCC1([SiH3])CCCCO1.[MgH2]. The fraction of sp³-hybridized carbons (Fsp3) is 0.750. The van der Waals surface area contributed by atoms with E-state index in [0.29, 0.717) is 0 Å². The summed E-state index contributed by atoms with van der Waals surface area (Å²) in [6, 6.07) is 0. The molecule has 0 saturated carbocycles. The lowest BCUT2D eigenvalue weighted by atomic mass is 10.1. The lowest BCUT2D eigenvalue weighted by Crippen LogP contribution is -2.36. The van der Waals surface area contributed by atoms with Gasteiger partial charge in [0.15, 0.2) is 0 Å². The summed E-state index contributed by atoms with van der Waals surface area (Å²) < 4.78 is 5.70. The van der Waals surface area contributed by atoms with E-state index >= 15 is 0 Å². The Bertz CT molecular complexity index is 121. The van der Waals surface area contributed by atoms with Crippen molar-refractivity contribution in [3.05, 3.63) is 12.7 Å². The van der Waals surface area contributed by atoms with E-state index in [2.05, 4.69) is 6.58 Å². The second kappa shape index (κ2) is 5.35. The van der Waals surface area contributed by atoms with Crippen LogP contribution in [0.4, 0.5) is 0 Å². The summed E-state index contributed by atoms with van der Waals surface area (Å²) in [5.74, 6) is 0. The molecule has 0 spiro atoms. The molecule has 0 radical (unpaired) electrons. The Morgan fingerprint density at radius 2 is 2.27 bits per heavy atom. The van der Waals surface area contributed by atoms with Gasteiger partial charge in [-0.2, -0.15) is 0 Å². The molecule has 1 atom stereocenters. The van der Waals surface area contributed by atoms with Gasteiger partial charge in [-0.05, 0) is 25.7 Å². The summed E-state index contributed by atoms with van der Waals surface area (Å²) in [6.45, 7) is 4.71. The van der Waals surface area contributed by atoms with Crippen LogP contribution in [-0.2, 0) is 4.74 Å². The largest absolute Gasteiger partial charge is 0.379 e. The van der Waals surface area contributed by atoms with E-state index in [9.17, 15) is 0 Å². The molecule has 0 aliphatic carbocycles. The normalized spacial score (nSPS) is 30.9. The molecule has 1 nitrogen and oxygen atoms in total. The van der Waals surface area contributed by atoms with Crippen molar-refractivity contribution in [1.82, 2.24) is 0 Å². The average Bonchev–Trinajstić information content (AvgIpc) is 1.89. The Morgan fingerprint density at radius 3 is 2.73 bits per heavy atom. The van der Waals surface area contributed by atoms with E-state index < -0.39 is 0 Å². The number of hydrogen-bond donors (Lipinski definition) is 0. The van der Waals surface area contributed by atoms with Gasteiger partial charge in [0.05, 0.1) is 5.22 Å². The van der Waals surface area contributed by atoms with Crippen LogP contribution in [0.15, 0.2) is 12.7 Å². The predicted molar refractivity (Wildman–Crippen MR) is 55.8 cm³/mol. The number of ether oxygens (including phenoxy) is 1. The van der Waals surface area contributed by atoms with Crippen molar-refractivity contribution >= 4 is 33.3 Å². The molecule has 1 fully saturated rings. The predicted octanol–water partition coefficient (Wildman–Crippen LogP) is -0.0915. The standard InChI is InChI=1S/C8H16OSi.Mg.2H/c1-2-5-8(10)6-3-4-7-9-8;;;/h2H,1,3-7H2,10H3;;;. The molecule has 0 aromatic rings. The number of hydrogen-bond acceptors (Lipinski definition) is 1. The van der Waals surface area contributed by atoms with Crippen LogP contribution < -0.4 is 0 Å². The summed E-state index contributed by atoms with van der Waals surface area (Å²) in [6.07, 6.45) is 6.89. The smallest absolute Gasteiger partial charge is 0.316 e. The first kappa shape index (κ1) is 11.7. The molecule has 0 N–H and O–H groups in total. The van der Waals surface area contributed by atoms with Gasteiger partial charge in [-0.15, -0.1) is 6.58 Å². The van der Waals surface area contributed by atoms with Gasteiger partial charge >= 0.3 is 23.1 Å². The Kier molecular flexibility index (Phi) is 5.68. The van der Waals surface area contributed by atoms with Crippen molar-refractivity contribution in [2.45, 2.75) is 30.9 Å². The van der Waals surface area contributed by atoms with Gasteiger partial charge in [0.2, 0.25) is 0 Å². The summed E-state index contributed by atoms with van der Waals surface area (Å²) >= 11 is 0. The van der Waals surface area contributed by atoms with E-state index in [1.165, 1.54) is 19.3 Å². The van der Waals surface area contributed by atoms with Gasteiger partial charge in [-0.1, -0.05) is 6.08 Å². The second-order valence-corrected chi connectivity index (χ2v) is 5.07. The highest BCUT2D eigenvalue weighted by Crippen LogP contribution is 2.24. The third kappa shape index (κ3) is 3.74. The van der Waals surface area contributed by atoms with Crippen molar-refractivity contribution in [3.63, 3.8) is 0 Å². The molecule has 62 valence electrons. The molecule has 0 aromatic carbocycles. The molecule has 1 saturated heterocycles. The minimum atomic E-state index is 0. The van der Waals surface area contributed by atoms with Crippen molar-refractivity contribution in [3.8, 4) is 0 Å². The van der Waals surface area contributed by atoms with Crippen molar-refractivity contribution in [2.75, 3.05) is 6.61 Å². The first-order chi connectivity index (χ1) is 4.77. The first-order valence-corrected chi connectivity index (χ1v) is 5.02. The summed E-state index contributed by atoms with van der Waals surface area (Å²) in [4.78, 5) is 0. The zero-order valence-corrected chi connectivity index (χ0v) is 8.73. The van der Waals surface area contributed by atoms with Gasteiger partial charge in [-0.3, -0.25) is 0 Å². The first-order valence-electron chi connectivity index (χ1n) is 4.02. The zero-order chi connectivity index (χ0) is 7.45. The third-order valence-electron chi connectivity index (χ3n) is 2.13. The van der Waals surface area contributed by atoms with Gasteiger partial charge in [0.25, 0.3) is 0 Å². The third-order valence-corrected chi connectivity index (χ3v) is 3.32. The lowest BCUT2D eigenvalue weighted by molar-refractivity contribution is -0.0151. The van der Waals surface area contributed by atoms with Crippen LogP contribution in [0.3, 0.4) is 0 Å². The Labute approximate surface area is 88.2 Å². The lowest BCUT2D eigenvalue weighted by Gasteiger charge is -2.33. The van der Waals surface area contributed by atoms with Gasteiger partial charge in [0, 0.05) is 16.8 Å². The highest BCUT2D eigenvalue weighted by molar-refractivity contribution is 6.14. The maximum absolute atomic E-state index is 5.70. The van der Waals surface area contributed by atoms with E-state index in [0.717, 1.165) is 23.3 Å². The van der Waals surface area contributed by atoms with Crippen LogP contribution in [0, 0.1) is 0 Å². The highest BCUT2D eigenvalue weighted by Gasteiger charge is 2.25. The fourth-order valence-corrected chi connectivity index (χ4v) is 2.30. The van der Waals surface area contributed by atoms with Crippen molar-refractivity contribution < 1.29 is 4.74 Å². The Balaban J connectivity index is 0.000001000. The molecular formula is C8H18MgOSi. The summed E-state index contributed by atoms with van der Waals surface area (Å²) in [5, 5.41) is 0.250. The molecule has 1 aliphatic heterocycles. The van der Waals surface area contributed by atoms with Crippen molar-refractivity contribution in [2.24, 2.45) is 0 Å². The van der Waals surface area contributed by atoms with E-state index in [4.69, 9.17) is 4.74 Å². The van der Waals surface area contributed by atoms with Crippen LogP contribution in [-0.4, -0.2) is 45.1 Å². The summed E-state index contributed by atoms with van der Waals surface area (Å²) in [5.41, 5.74) is 0. The molecular weight excluding hydrogens is 164 g/mol. The Morgan fingerprint density at radius 1 is 1.55 bits per heavy atom. The topological polar surface area (TPSA) is 9.23 Å². The molecule has 0 bridgehead atoms. The van der Waals surface area contributed by atoms with Crippen LogP contribution in [0.1, 0.15) is 25.7 Å². The molecule has 1 heterocycles. The maximum Gasteiger partial charge on any atom is 0.316 e. The maximum atomic E-state index is 5.70. The molecule has 1 rings (SSSR count). The molecule has 3 heteroatoms. The fourth-order valence-electron chi connectivity index (χ4n) is 1.46. The molecule has 0 aromatic heterocycles. The van der Waals surface area contributed by atoms with E-state index in [1.807, 2.05) is 6.08 Å². The van der Waals surface area contributed by atoms with Gasteiger partial charge in [-0.25, -0.2) is 0 Å². The number of rotatable bonds is 2. The molecule has 0 amide bonds. The second-order valence-electron chi connectivity index (χ2n) is 3.25. The van der Waals surface area contributed by atoms with Crippen LogP contribution >= 0.6 is 0 Å². The zero-order valence-electron chi connectivity index (χ0n) is 6.73. The van der Waals surface area contributed by atoms with Gasteiger partial charge in [0.1, 0.15) is 0 Å². The highest BCUT2D eigenvalue weighted by atomic mass is 28.1. The van der Waals surface area contributed by atoms with E-state index in [1.54, 1.807) is 0 Å². The molecule has 1 unspecified atom stereocenters. The Hall–Kier alpha value is 0.683. The van der Waals surface area contributed by atoms with Crippen LogP contribution in [0.2, 0.25) is 0 Å². The van der Waals surface area contributed by atoms with Gasteiger partial charge < -0.3 is 4.74 Å². The van der Waals surface area contributed by atoms with Crippen LogP contribution in [0.5, 0.6) is 0 Å². The summed E-state index contributed by atoms with van der Waals surface area (Å²) in [7, 11) is 1.15. The molecule has 1 aliphatic rings. The monoisotopic (exact) mass is 182 g/mol.